The molecule has 1 amide bonds. The Morgan fingerprint density at radius 1 is 0.917 bits per heavy atom. The molecular formula is C26H29FN2O6S. The van der Waals surface area contributed by atoms with Crippen molar-refractivity contribution in [2.24, 2.45) is 0 Å². The van der Waals surface area contributed by atoms with Crippen LogP contribution in [-0.2, 0) is 14.8 Å². The molecule has 0 radical (unpaired) electrons. The number of ether oxygens (including phenoxy) is 3. The average Bonchev–Trinajstić information content (AvgIpc) is 2.84. The van der Waals surface area contributed by atoms with Gasteiger partial charge in [0.1, 0.15) is 24.7 Å². The van der Waals surface area contributed by atoms with Crippen molar-refractivity contribution in [1.82, 2.24) is 5.32 Å². The van der Waals surface area contributed by atoms with Crippen molar-refractivity contribution < 1.29 is 31.8 Å². The average molecular weight is 517 g/mol. The highest BCUT2D eigenvalue weighted by Gasteiger charge is 2.28. The fourth-order valence-corrected chi connectivity index (χ4v) is 5.03. The van der Waals surface area contributed by atoms with Crippen molar-refractivity contribution in [2.45, 2.75) is 18.7 Å². The molecule has 0 saturated heterocycles. The van der Waals surface area contributed by atoms with E-state index in [1.54, 1.807) is 0 Å². The summed E-state index contributed by atoms with van der Waals surface area (Å²) in [4.78, 5) is 12.6. The smallest absolute Gasteiger partial charge is 0.264 e. The van der Waals surface area contributed by atoms with Crippen molar-refractivity contribution in [2.75, 3.05) is 38.2 Å². The molecule has 8 nitrogen and oxygen atoms in total. The second kappa shape index (κ2) is 11.8. The Balaban J connectivity index is 1.76. The van der Waals surface area contributed by atoms with Crippen molar-refractivity contribution in [3.8, 4) is 17.2 Å². The van der Waals surface area contributed by atoms with Gasteiger partial charge in [0.2, 0.25) is 5.91 Å². The Hall–Kier alpha value is -3.79. The zero-order chi connectivity index (χ0) is 26.3. The standard InChI is InChI=1S/C26H29FN2O6S/c1-18-13-19(2)15-22(14-18)35-12-11-28-26(30)17-29(21-7-5-20(27)6-8-21)36(31,32)23-9-10-24(33-3)25(16-23)34-4/h5-10,13-16H,11-12,17H2,1-4H3,(H,28,30). The number of carbonyl (C=O) groups excluding carboxylic acids is 1. The molecule has 3 rings (SSSR count). The summed E-state index contributed by atoms with van der Waals surface area (Å²) < 4.78 is 57.6. The Kier molecular flexibility index (Phi) is 8.76. The van der Waals surface area contributed by atoms with Crippen LogP contribution in [0.4, 0.5) is 10.1 Å². The highest BCUT2D eigenvalue weighted by Crippen LogP contribution is 2.32. The van der Waals surface area contributed by atoms with Crippen LogP contribution in [0.2, 0.25) is 0 Å². The second-order valence-electron chi connectivity index (χ2n) is 8.03. The molecular weight excluding hydrogens is 487 g/mol. The quantitative estimate of drug-likeness (QED) is 0.389. The first-order chi connectivity index (χ1) is 17.1. The van der Waals surface area contributed by atoms with E-state index in [2.05, 4.69) is 5.32 Å². The van der Waals surface area contributed by atoms with Crippen LogP contribution in [-0.4, -0.2) is 48.2 Å². The lowest BCUT2D eigenvalue weighted by atomic mass is 10.1. The molecule has 3 aromatic rings. The van der Waals surface area contributed by atoms with Crippen LogP contribution in [0.3, 0.4) is 0 Å². The highest BCUT2D eigenvalue weighted by atomic mass is 32.2. The van der Waals surface area contributed by atoms with Crippen molar-refractivity contribution in [3.05, 3.63) is 77.6 Å². The lowest BCUT2D eigenvalue weighted by Crippen LogP contribution is -2.42. The van der Waals surface area contributed by atoms with Crippen LogP contribution < -0.4 is 23.8 Å². The molecule has 0 aliphatic rings. The largest absolute Gasteiger partial charge is 0.493 e. The topological polar surface area (TPSA) is 94.2 Å². The number of nitrogens with one attached hydrogen (secondary N) is 1. The maximum Gasteiger partial charge on any atom is 0.264 e. The summed E-state index contributed by atoms with van der Waals surface area (Å²) in [5.41, 5.74) is 2.25. The van der Waals surface area contributed by atoms with Crippen LogP contribution in [0.1, 0.15) is 11.1 Å². The molecule has 0 aromatic heterocycles. The van der Waals surface area contributed by atoms with E-state index in [9.17, 15) is 17.6 Å². The lowest BCUT2D eigenvalue weighted by molar-refractivity contribution is -0.119. The number of methoxy groups -OCH3 is 2. The van der Waals surface area contributed by atoms with Crippen LogP contribution in [0.15, 0.2) is 65.6 Å². The molecule has 0 unspecified atom stereocenters. The molecule has 10 heteroatoms. The van der Waals surface area contributed by atoms with E-state index in [-0.39, 0.29) is 29.5 Å². The van der Waals surface area contributed by atoms with Gasteiger partial charge in [-0.1, -0.05) is 6.07 Å². The number of nitrogens with zero attached hydrogens (tertiary/aromatic N) is 1. The molecule has 0 spiro atoms. The zero-order valence-electron chi connectivity index (χ0n) is 20.6. The van der Waals surface area contributed by atoms with E-state index < -0.39 is 28.3 Å². The van der Waals surface area contributed by atoms with E-state index >= 15 is 0 Å². The highest BCUT2D eigenvalue weighted by molar-refractivity contribution is 7.92. The van der Waals surface area contributed by atoms with Gasteiger partial charge in [0.25, 0.3) is 10.0 Å². The molecule has 1 N–H and O–H groups in total. The summed E-state index contributed by atoms with van der Waals surface area (Å²) in [6, 6.07) is 14.8. The van der Waals surface area contributed by atoms with Crippen LogP contribution in [0.5, 0.6) is 17.2 Å². The molecule has 0 heterocycles. The number of halogens is 1. The van der Waals surface area contributed by atoms with Gasteiger partial charge in [0, 0.05) is 6.07 Å². The summed E-state index contributed by atoms with van der Waals surface area (Å²) in [7, 11) is -1.40. The van der Waals surface area contributed by atoms with Gasteiger partial charge in [-0.3, -0.25) is 9.10 Å². The zero-order valence-corrected chi connectivity index (χ0v) is 21.4. The number of hydrogen-bond acceptors (Lipinski definition) is 6. The lowest BCUT2D eigenvalue weighted by Gasteiger charge is -2.24. The number of rotatable bonds is 11. The summed E-state index contributed by atoms with van der Waals surface area (Å²) in [5, 5.41) is 2.67. The Bertz CT molecular complexity index is 1290. The molecule has 36 heavy (non-hydrogen) atoms. The van der Waals surface area contributed by atoms with E-state index in [1.807, 2.05) is 32.0 Å². The van der Waals surface area contributed by atoms with Crippen LogP contribution >= 0.6 is 0 Å². The third-order valence-corrected chi connectivity index (χ3v) is 7.00. The number of benzene rings is 3. The van der Waals surface area contributed by atoms with Gasteiger partial charge in [-0.05, 0) is 73.5 Å². The predicted octanol–water partition coefficient (Wildman–Crippen LogP) is 3.85. The molecule has 0 bridgehead atoms. The number of hydrogen-bond donors (Lipinski definition) is 1. The number of sulfonamides is 1. The van der Waals surface area contributed by atoms with Crippen LogP contribution in [0.25, 0.3) is 0 Å². The Morgan fingerprint density at radius 3 is 2.17 bits per heavy atom. The summed E-state index contributed by atoms with van der Waals surface area (Å²) in [5.74, 6) is 0.172. The summed E-state index contributed by atoms with van der Waals surface area (Å²) in [6.07, 6.45) is 0. The normalized spacial score (nSPS) is 11.0. The van der Waals surface area contributed by atoms with E-state index in [0.29, 0.717) is 11.5 Å². The first-order valence-corrected chi connectivity index (χ1v) is 12.6. The van der Waals surface area contributed by atoms with Crippen molar-refractivity contribution in [1.29, 1.82) is 0 Å². The van der Waals surface area contributed by atoms with E-state index in [1.165, 1.54) is 44.6 Å². The predicted molar refractivity (Wildman–Crippen MR) is 135 cm³/mol. The maximum atomic E-state index is 13.5. The molecule has 0 aliphatic heterocycles. The fourth-order valence-electron chi connectivity index (χ4n) is 3.59. The van der Waals surface area contributed by atoms with Gasteiger partial charge >= 0.3 is 0 Å². The Morgan fingerprint density at radius 2 is 1.56 bits per heavy atom. The van der Waals surface area contributed by atoms with Crippen molar-refractivity contribution in [3.63, 3.8) is 0 Å². The minimum absolute atomic E-state index is 0.115. The van der Waals surface area contributed by atoms with E-state index in [0.717, 1.165) is 27.6 Å². The third-order valence-electron chi connectivity index (χ3n) is 5.23. The summed E-state index contributed by atoms with van der Waals surface area (Å²) >= 11 is 0. The maximum absolute atomic E-state index is 13.5. The minimum Gasteiger partial charge on any atom is -0.493 e. The Labute approximate surface area is 210 Å². The second-order valence-corrected chi connectivity index (χ2v) is 9.89. The fraction of sp³-hybridized carbons (Fsp3) is 0.269. The number of amides is 1. The minimum atomic E-state index is -4.22. The van der Waals surface area contributed by atoms with Crippen molar-refractivity contribution >= 4 is 21.6 Å². The first-order valence-electron chi connectivity index (χ1n) is 11.1. The molecule has 3 aromatic carbocycles. The SMILES string of the molecule is COc1ccc(S(=O)(=O)N(CC(=O)NCCOc2cc(C)cc(C)c2)c2ccc(F)cc2)cc1OC. The van der Waals surface area contributed by atoms with Gasteiger partial charge in [-0.15, -0.1) is 0 Å². The van der Waals surface area contributed by atoms with Gasteiger partial charge in [0.15, 0.2) is 11.5 Å². The molecule has 0 saturated carbocycles. The number of anilines is 1. The monoisotopic (exact) mass is 516 g/mol. The molecule has 192 valence electrons. The van der Waals surface area contributed by atoms with Gasteiger partial charge in [-0.2, -0.15) is 0 Å². The van der Waals surface area contributed by atoms with Gasteiger partial charge < -0.3 is 19.5 Å². The number of aryl methyl sites for hydroxylation is 2. The molecule has 0 atom stereocenters. The summed E-state index contributed by atoms with van der Waals surface area (Å²) in [6.45, 7) is 3.77. The van der Waals surface area contributed by atoms with E-state index in [4.69, 9.17) is 14.2 Å². The first kappa shape index (κ1) is 26.8. The number of carbonyl (C=O) groups is 1. The molecule has 0 aliphatic carbocycles. The van der Waals surface area contributed by atoms with Gasteiger partial charge in [-0.25, -0.2) is 12.8 Å². The third kappa shape index (κ3) is 6.66. The molecule has 0 fully saturated rings. The van der Waals surface area contributed by atoms with Crippen LogP contribution in [0, 0.1) is 19.7 Å². The van der Waals surface area contributed by atoms with Gasteiger partial charge in [0.05, 0.1) is 31.3 Å².